The predicted molar refractivity (Wildman–Crippen MR) is 83.2 cm³/mol. The predicted octanol–water partition coefficient (Wildman–Crippen LogP) is 4.49. The van der Waals surface area contributed by atoms with Crippen LogP contribution in [0.5, 0.6) is 11.6 Å². The van der Waals surface area contributed by atoms with Crippen LogP contribution in [0.2, 0.25) is 5.02 Å². The number of anilines is 1. The van der Waals surface area contributed by atoms with Gasteiger partial charge in [-0.1, -0.05) is 11.6 Å². The van der Waals surface area contributed by atoms with Crippen molar-refractivity contribution in [2.75, 3.05) is 12.4 Å². The second-order valence-corrected chi connectivity index (χ2v) is 5.91. The lowest BCUT2D eigenvalue weighted by Gasteiger charge is -2.07. The minimum absolute atomic E-state index is 0.545. The number of aryl methyl sites for hydroxylation is 1. The molecular formula is C14H12ClN3OS. The molecule has 0 aliphatic heterocycles. The Hall–Kier alpha value is -1.85. The molecule has 4 nitrogen and oxygen atoms in total. The highest BCUT2D eigenvalue weighted by atomic mass is 35.5. The van der Waals surface area contributed by atoms with E-state index in [2.05, 4.69) is 15.3 Å². The summed E-state index contributed by atoms with van der Waals surface area (Å²) >= 11 is 7.49. The zero-order valence-corrected chi connectivity index (χ0v) is 12.5. The molecule has 0 radical (unpaired) electrons. The number of hydrogen-bond acceptors (Lipinski definition) is 5. The molecule has 0 saturated heterocycles. The first kappa shape index (κ1) is 13.1. The average molecular weight is 306 g/mol. The van der Waals surface area contributed by atoms with E-state index in [1.807, 2.05) is 25.1 Å². The number of aromatic nitrogens is 2. The molecule has 2 aromatic heterocycles. The maximum Gasteiger partial charge on any atom is 0.232 e. The van der Waals surface area contributed by atoms with Gasteiger partial charge in [-0.15, -0.1) is 11.3 Å². The Morgan fingerprint density at radius 2 is 1.95 bits per heavy atom. The number of nitrogens with one attached hydrogen (secondary N) is 1. The number of halogens is 1. The van der Waals surface area contributed by atoms with Gasteiger partial charge in [-0.25, -0.2) is 4.98 Å². The number of ether oxygens (including phenoxy) is 1. The smallest absolute Gasteiger partial charge is 0.232 e. The van der Waals surface area contributed by atoms with Crippen molar-refractivity contribution in [3.8, 4) is 11.6 Å². The number of nitrogens with zero attached hydrogens (tertiary/aromatic N) is 2. The number of thiophene rings is 1. The summed E-state index contributed by atoms with van der Waals surface area (Å²) in [7, 11) is 1.79. The molecule has 3 aromatic rings. The lowest BCUT2D eigenvalue weighted by Crippen LogP contribution is -1.98. The third kappa shape index (κ3) is 2.55. The molecule has 0 fully saturated rings. The summed E-state index contributed by atoms with van der Waals surface area (Å²) in [5.74, 6) is 1.79. The Morgan fingerprint density at radius 1 is 1.20 bits per heavy atom. The van der Waals surface area contributed by atoms with Gasteiger partial charge < -0.3 is 10.1 Å². The van der Waals surface area contributed by atoms with E-state index in [0.29, 0.717) is 22.6 Å². The average Bonchev–Trinajstić information content (AvgIpc) is 2.81. The molecule has 20 heavy (non-hydrogen) atoms. The van der Waals surface area contributed by atoms with Crippen LogP contribution in [0, 0.1) is 6.92 Å². The molecule has 102 valence electrons. The van der Waals surface area contributed by atoms with E-state index in [0.717, 1.165) is 10.2 Å². The standard InChI is InChI=1S/C14H12ClN3OS/c1-8-7-11-12(17-14(16-2)18-13(11)20-8)19-10-5-3-9(15)4-6-10/h3-7H,1-2H3,(H,16,17,18). The molecule has 0 saturated carbocycles. The van der Waals surface area contributed by atoms with Crippen LogP contribution in [0.3, 0.4) is 0 Å². The van der Waals surface area contributed by atoms with E-state index in [-0.39, 0.29) is 0 Å². The van der Waals surface area contributed by atoms with Crippen molar-refractivity contribution in [3.63, 3.8) is 0 Å². The molecule has 2 heterocycles. The summed E-state index contributed by atoms with van der Waals surface area (Å²) in [5, 5.41) is 4.54. The van der Waals surface area contributed by atoms with Crippen LogP contribution in [-0.2, 0) is 0 Å². The normalized spacial score (nSPS) is 10.8. The number of hydrogen-bond donors (Lipinski definition) is 1. The van der Waals surface area contributed by atoms with Gasteiger partial charge in [0, 0.05) is 16.9 Å². The zero-order valence-electron chi connectivity index (χ0n) is 11.0. The topological polar surface area (TPSA) is 47.0 Å². The molecular weight excluding hydrogens is 294 g/mol. The van der Waals surface area contributed by atoms with Crippen molar-refractivity contribution in [2.45, 2.75) is 6.92 Å². The lowest BCUT2D eigenvalue weighted by molar-refractivity contribution is 0.469. The second kappa shape index (κ2) is 5.26. The van der Waals surface area contributed by atoms with E-state index in [1.165, 1.54) is 4.88 Å². The minimum Gasteiger partial charge on any atom is -0.438 e. The van der Waals surface area contributed by atoms with Crippen molar-refractivity contribution in [1.82, 2.24) is 9.97 Å². The summed E-state index contributed by atoms with van der Waals surface area (Å²) in [4.78, 5) is 10.9. The molecule has 0 spiro atoms. The van der Waals surface area contributed by atoms with Gasteiger partial charge in [0.1, 0.15) is 10.6 Å². The molecule has 3 rings (SSSR count). The van der Waals surface area contributed by atoms with Crippen LogP contribution < -0.4 is 10.1 Å². The Morgan fingerprint density at radius 3 is 2.65 bits per heavy atom. The Bertz CT molecular complexity index is 755. The van der Waals surface area contributed by atoms with E-state index in [9.17, 15) is 0 Å². The van der Waals surface area contributed by atoms with Gasteiger partial charge in [-0.3, -0.25) is 0 Å². The van der Waals surface area contributed by atoms with Crippen LogP contribution >= 0.6 is 22.9 Å². The van der Waals surface area contributed by atoms with Gasteiger partial charge in [0.05, 0.1) is 5.39 Å². The molecule has 0 aliphatic rings. The van der Waals surface area contributed by atoms with E-state index in [4.69, 9.17) is 16.3 Å². The third-order valence-electron chi connectivity index (χ3n) is 2.73. The van der Waals surface area contributed by atoms with Gasteiger partial charge in [-0.05, 0) is 37.3 Å². The summed E-state index contributed by atoms with van der Waals surface area (Å²) in [6, 6.07) is 9.23. The fraction of sp³-hybridized carbons (Fsp3) is 0.143. The van der Waals surface area contributed by atoms with Crippen molar-refractivity contribution in [1.29, 1.82) is 0 Å². The molecule has 0 atom stereocenters. The Balaban J connectivity index is 2.06. The van der Waals surface area contributed by atoms with Gasteiger partial charge in [-0.2, -0.15) is 4.98 Å². The van der Waals surface area contributed by atoms with Gasteiger partial charge in [0.2, 0.25) is 11.8 Å². The highest BCUT2D eigenvalue weighted by Crippen LogP contribution is 2.33. The van der Waals surface area contributed by atoms with Gasteiger partial charge in [0.15, 0.2) is 0 Å². The quantitative estimate of drug-likeness (QED) is 0.774. The third-order valence-corrected chi connectivity index (χ3v) is 3.93. The van der Waals surface area contributed by atoms with Crippen molar-refractivity contribution < 1.29 is 4.74 Å². The monoisotopic (exact) mass is 305 g/mol. The van der Waals surface area contributed by atoms with Gasteiger partial charge in [0.25, 0.3) is 0 Å². The fourth-order valence-electron chi connectivity index (χ4n) is 1.82. The van der Waals surface area contributed by atoms with Crippen LogP contribution in [0.25, 0.3) is 10.2 Å². The second-order valence-electron chi connectivity index (χ2n) is 4.23. The number of fused-ring (bicyclic) bond motifs is 1. The van der Waals surface area contributed by atoms with Gasteiger partial charge >= 0.3 is 0 Å². The molecule has 0 unspecified atom stereocenters. The van der Waals surface area contributed by atoms with E-state index >= 15 is 0 Å². The maximum absolute atomic E-state index is 5.87. The molecule has 1 N–H and O–H groups in total. The SMILES string of the molecule is CNc1nc(Oc2ccc(Cl)cc2)c2cc(C)sc2n1. The summed E-state index contributed by atoms with van der Waals surface area (Å²) in [5.41, 5.74) is 0. The van der Waals surface area contributed by atoms with Crippen molar-refractivity contribution in [3.05, 3.63) is 40.2 Å². The van der Waals surface area contributed by atoms with Crippen LogP contribution in [-0.4, -0.2) is 17.0 Å². The molecule has 0 amide bonds. The van der Waals surface area contributed by atoms with Crippen LogP contribution in [0.4, 0.5) is 5.95 Å². The van der Waals surface area contributed by atoms with Crippen molar-refractivity contribution in [2.24, 2.45) is 0 Å². The fourth-order valence-corrected chi connectivity index (χ4v) is 2.82. The first-order valence-electron chi connectivity index (χ1n) is 6.05. The first-order valence-corrected chi connectivity index (χ1v) is 7.24. The molecule has 6 heteroatoms. The van der Waals surface area contributed by atoms with Crippen molar-refractivity contribution >= 4 is 39.1 Å². The number of rotatable bonds is 3. The summed E-state index contributed by atoms with van der Waals surface area (Å²) in [6.07, 6.45) is 0. The summed E-state index contributed by atoms with van der Waals surface area (Å²) in [6.45, 7) is 2.04. The molecule has 1 aromatic carbocycles. The Labute approximate surface area is 125 Å². The zero-order chi connectivity index (χ0) is 14.1. The first-order chi connectivity index (χ1) is 9.65. The van der Waals surface area contributed by atoms with E-state index in [1.54, 1.807) is 30.5 Å². The largest absolute Gasteiger partial charge is 0.438 e. The molecule has 0 aliphatic carbocycles. The lowest BCUT2D eigenvalue weighted by atomic mass is 10.3. The maximum atomic E-state index is 5.87. The van der Waals surface area contributed by atoms with Crippen LogP contribution in [0.1, 0.15) is 4.88 Å². The highest BCUT2D eigenvalue weighted by molar-refractivity contribution is 7.18. The molecule has 0 bridgehead atoms. The van der Waals surface area contributed by atoms with E-state index < -0.39 is 0 Å². The number of benzene rings is 1. The summed E-state index contributed by atoms with van der Waals surface area (Å²) < 4.78 is 5.86. The van der Waals surface area contributed by atoms with Crippen LogP contribution in [0.15, 0.2) is 30.3 Å². The Kier molecular flexibility index (Phi) is 3.46. The minimum atomic E-state index is 0.545. The highest BCUT2D eigenvalue weighted by Gasteiger charge is 2.12.